The van der Waals surface area contributed by atoms with Crippen molar-refractivity contribution in [2.75, 3.05) is 19.0 Å². The van der Waals surface area contributed by atoms with Crippen LogP contribution in [0.4, 0.5) is 0 Å². The maximum absolute atomic E-state index is 15.0. The SMILES string of the molecule is CC(=O)O[C@H]1C[C@H](n2cc(C)c(=O)[nH]c2=O)O[C@@H]1COP(=O)(O[C@H]1C[C@H](n2cc(C)c(=O)[nH]c2=O)O[C@@H]1COC1(c2ccccc2)c2ccccc2Oc2ccccc21)SCCC#N. The molecule has 7 atom stereocenters. The number of nitrogens with one attached hydrogen (secondary N) is 2. The standard InChI is InChI=1S/C44H44N5O13PS/c1-26-22-48(42(53)46-40(26)51)38-20-34(58-28(3)50)37(61-38)25-57-63(55,64-19-11-18-45)62-35-21-39(49-23-27(2)41(52)47-43(49)54)60-36(35)24-56-44(29-12-5-4-6-13-29)30-14-7-9-16-32(30)59-33-17-10-8-15-31(33)44/h4-10,12-17,22-23,34-39H,11,19-21,24-25H2,1-3H3,(H,46,51,53)(H,47,52,54)/t34-,35-,36+,37+,38+,39+,63?/m0/s1. The van der Waals surface area contributed by atoms with Crippen molar-refractivity contribution in [1.29, 1.82) is 5.26 Å². The number of carbonyl (C=O) groups excluding carboxylic acids is 1. The second-order valence-electron chi connectivity index (χ2n) is 15.4. The van der Waals surface area contributed by atoms with Crippen LogP contribution in [-0.4, -0.2) is 68.5 Å². The predicted octanol–water partition coefficient (Wildman–Crippen LogP) is 5.48. The van der Waals surface area contributed by atoms with Crippen LogP contribution in [0.2, 0.25) is 0 Å². The van der Waals surface area contributed by atoms with E-state index in [1.807, 2.05) is 84.9 Å². The molecule has 20 heteroatoms. The fraction of sp³-hybridized carbons (Fsp3) is 0.364. The highest BCUT2D eigenvalue weighted by Gasteiger charge is 2.49. The van der Waals surface area contributed by atoms with E-state index in [0.717, 1.165) is 16.9 Å². The summed E-state index contributed by atoms with van der Waals surface area (Å²) >= 11 is 0.769. The number of hydrogen-bond donors (Lipinski definition) is 2. The molecule has 18 nitrogen and oxygen atoms in total. The summed E-state index contributed by atoms with van der Waals surface area (Å²) in [7, 11) is 0. The number of H-pyrrole nitrogens is 2. The summed E-state index contributed by atoms with van der Waals surface area (Å²) in [5.41, 5.74) is -1.20. The number of ether oxygens (including phenoxy) is 5. The molecule has 0 aliphatic carbocycles. The predicted molar refractivity (Wildman–Crippen MR) is 231 cm³/mol. The fourth-order valence-electron chi connectivity index (χ4n) is 8.11. The molecule has 0 spiro atoms. The van der Waals surface area contributed by atoms with E-state index in [1.165, 1.54) is 35.4 Å². The van der Waals surface area contributed by atoms with E-state index in [2.05, 4.69) is 9.97 Å². The van der Waals surface area contributed by atoms with E-state index in [9.17, 15) is 29.2 Å². The number of esters is 1. The van der Waals surface area contributed by atoms with Gasteiger partial charge in [-0.2, -0.15) is 5.26 Å². The molecular weight excluding hydrogens is 870 g/mol. The van der Waals surface area contributed by atoms with Crippen LogP contribution in [0.5, 0.6) is 11.5 Å². The average molecular weight is 914 g/mol. The summed E-state index contributed by atoms with van der Waals surface area (Å²) in [5.74, 6) is 0.520. The Morgan fingerprint density at radius 1 is 0.812 bits per heavy atom. The number of hydrogen-bond acceptors (Lipinski definition) is 15. The molecule has 0 saturated carbocycles. The first-order valence-corrected chi connectivity index (χ1v) is 23.5. The first-order chi connectivity index (χ1) is 30.8. The van der Waals surface area contributed by atoms with E-state index >= 15 is 4.57 Å². The highest BCUT2D eigenvalue weighted by molar-refractivity contribution is 8.55. The summed E-state index contributed by atoms with van der Waals surface area (Å²) in [6.07, 6.45) is -3.55. The van der Waals surface area contributed by atoms with Crippen molar-refractivity contribution >= 4 is 24.1 Å². The second kappa shape index (κ2) is 18.7. The van der Waals surface area contributed by atoms with Crippen LogP contribution in [-0.2, 0) is 43.0 Å². The van der Waals surface area contributed by atoms with Gasteiger partial charge in [0.15, 0.2) is 5.60 Å². The molecule has 2 N–H and O–H groups in total. The number of aromatic amines is 2. The molecule has 3 aliphatic heterocycles. The maximum atomic E-state index is 15.0. The zero-order valence-electron chi connectivity index (χ0n) is 34.9. The third-order valence-electron chi connectivity index (χ3n) is 11.1. The van der Waals surface area contributed by atoms with E-state index in [-0.39, 0.29) is 42.7 Å². The van der Waals surface area contributed by atoms with Gasteiger partial charge >= 0.3 is 24.1 Å². The number of para-hydroxylation sites is 2. The fourth-order valence-corrected chi connectivity index (χ4v) is 11.5. The van der Waals surface area contributed by atoms with Gasteiger partial charge in [-0.3, -0.25) is 42.5 Å². The Bertz CT molecular complexity index is 2830. The molecule has 2 saturated heterocycles. The van der Waals surface area contributed by atoms with Gasteiger partial charge in [-0.05, 0) is 42.9 Å². The zero-order valence-corrected chi connectivity index (χ0v) is 36.6. The summed E-state index contributed by atoms with van der Waals surface area (Å²) in [6, 6.07) is 26.6. The third kappa shape index (κ3) is 9.08. The van der Waals surface area contributed by atoms with Crippen LogP contribution in [0.1, 0.15) is 66.5 Å². The first kappa shape index (κ1) is 44.8. The van der Waals surface area contributed by atoms with Gasteiger partial charge in [0, 0.05) is 66.6 Å². The number of fused-ring (bicyclic) bond motifs is 2. The molecule has 2 aromatic heterocycles. The van der Waals surface area contributed by atoms with Crippen LogP contribution in [0, 0.1) is 25.2 Å². The molecule has 3 aliphatic rings. The third-order valence-corrected chi connectivity index (χ3v) is 14.9. The Balaban J connectivity index is 1.13. The topological polar surface area (TPSA) is 232 Å². The normalized spacial score (nSPS) is 23.0. The Labute approximate surface area is 369 Å². The average Bonchev–Trinajstić information content (AvgIpc) is 3.87. The number of aryl methyl sites for hydroxylation is 2. The van der Waals surface area contributed by atoms with Gasteiger partial charge < -0.3 is 23.7 Å². The molecule has 8 rings (SSSR count). The first-order valence-electron chi connectivity index (χ1n) is 20.4. The Kier molecular flexibility index (Phi) is 13.1. The minimum Gasteiger partial charge on any atom is -0.460 e. The van der Waals surface area contributed by atoms with Crippen molar-refractivity contribution < 1.29 is 42.1 Å². The summed E-state index contributed by atoms with van der Waals surface area (Å²) in [6.45, 7) is -0.701. The van der Waals surface area contributed by atoms with Crippen molar-refractivity contribution in [3.8, 4) is 17.6 Å². The lowest BCUT2D eigenvalue weighted by molar-refractivity contribution is -0.150. The van der Waals surface area contributed by atoms with Crippen molar-refractivity contribution in [1.82, 2.24) is 19.1 Å². The van der Waals surface area contributed by atoms with Crippen LogP contribution in [0.25, 0.3) is 0 Å². The lowest BCUT2D eigenvalue weighted by atomic mass is 9.77. The van der Waals surface area contributed by atoms with Gasteiger partial charge in [-0.1, -0.05) is 66.7 Å². The Morgan fingerprint density at radius 3 is 1.91 bits per heavy atom. The number of nitriles is 1. The molecular formula is C44H44N5O13PS. The van der Waals surface area contributed by atoms with Gasteiger partial charge in [0.05, 0.1) is 19.3 Å². The molecule has 2 fully saturated rings. The van der Waals surface area contributed by atoms with Crippen molar-refractivity contribution in [2.45, 2.75) is 82.5 Å². The molecule has 334 valence electrons. The van der Waals surface area contributed by atoms with E-state index in [0.29, 0.717) is 22.6 Å². The molecule has 64 heavy (non-hydrogen) atoms. The van der Waals surface area contributed by atoms with Crippen LogP contribution >= 0.6 is 18.2 Å². The summed E-state index contributed by atoms with van der Waals surface area (Å²) < 4.78 is 61.8. The van der Waals surface area contributed by atoms with Gasteiger partial charge in [-0.25, -0.2) is 14.2 Å². The number of nitrogens with zero attached hydrogens (tertiary/aromatic N) is 3. The van der Waals surface area contributed by atoms with Gasteiger partial charge in [0.2, 0.25) is 0 Å². The Hall–Kier alpha value is -5.84. The highest BCUT2D eigenvalue weighted by atomic mass is 32.7. The van der Waals surface area contributed by atoms with Crippen molar-refractivity contribution in [3.63, 3.8) is 0 Å². The molecule has 0 radical (unpaired) electrons. The van der Waals surface area contributed by atoms with Crippen LogP contribution in [0.15, 0.2) is 110 Å². The summed E-state index contributed by atoms with van der Waals surface area (Å²) in [5, 5.41) is 9.43. The zero-order chi connectivity index (χ0) is 45.2. The quantitative estimate of drug-likeness (QED) is 0.0752. The van der Waals surface area contributed by atoms with E-state index in [1.54, 1.807) is 6.92 Å². The van der Waals surface area contributed by atoms with Gasteiger partial charge in [0.25, 0.3) is 11.1 Å². The highest BCUT2D eigenvalue weighted by Crippen LogP contribution is 2.63. The minimum absolute atomic E-state index is 0.00289. The largest absolute Gasteiger partial charge is 0.460 e. The number of aromatic nitrogens is 4. The number of carbonyl (C=O) groups is 1. The second-order valence-corrected chi connectivity index (χ2v) is 19.6. The molecule has 5 heterocycles. The number of rotatable bonds is 15. The lowest BCUT2D eigenvalue weighted by Crippen LogP contribution is -2.40. The molecule has 1 unspecified atom stereocenters. The minimum atomic E-state index is -4.32. The smallest absolute Gasteiger partial charge is 0.389 e. The van der Waals surface area contributed by atoms with Crippen molar-refractivity contribution in [3.05, 3.63) is 161 Å². The number of benzene rings is 3. The molecule has 0 bridgehead atoms. The van der Waals surface area contributed by atoms with Crippen LogP contribution < -0.4 is 27.2 Å². The van der Waals surface area contributed by atoms with Crippen LogP contribution in [0.3, 0.4) is 0 Å². The van der Waals surface area contributed by atoms with Gasteiger partial charge in [-0.15, -0.1) is 0 Å². The molecule has 5 aromatic rings. The van der Waals surface area contributed by atoms with Gasteiger partial charge in [0.1, 0.15) is 48.4 Å². The lowest BCUT2D eigenvalue weighted by Gasteiger charge is -2.41. The van der Waals surface area contributed by atoms with E-state index in [4.69, 9.17) is 32.7 Å². The maximum Gasteiger partial charge on any atom is 0.389 e. The molecule has 3 aromatic carbocycles. The Morgan fingerprint density at radius 2 is 1.34 bits per heavy atom. The monoisotopic (exact) mass is 913 g/mol. The molecule has 0 amide bonds. The van der Waals surface area contributed by atoms with Crippen molar-refractivity contribution in [2.24, 2.45) is 0 Å². The van der Waals surface area contributed by atoms with E-state index < -0.39 is 84.3 Å². The summed E-state index contributed by atoms with van der Waals surface area (Å²) in [4.78, 5) is 67.3.